The summed E-state index contributed by atoms with van der Waals surface area (Å²) in [4.78, 5) is 36.0. The van der Waals surface area contributed by atoms with Gasteiger partial charge in [0.15, 0.2) is 11.5 Å². The van der Waals surface area contributed by atoms with Gasteiger partial charge in [-0.2, -0.15) is 0 Å². The number of nitrogens with one attached hydrogen (secondary N) is 1. The predicted octanol–water partition coefficient (Wildman–Crippen LogP) is 2.55. The maximum atomic E-state index is 12.4. The molecule has 0 bridgehead atoms. The normalized spacial score (nSPS) is 20.4. The number of aromatic hydroxyl groups is 2. The van der Waals surface area contributed by atoms with E-state index in [4.69, 9.17) is 0 Å². The zero-order valence-corrected chi connectivity index (χ0v) is 15.9. The number of phenolic OH excluding ortho intramolecular Hbond substituents is 2. The van der Waals surface area contributed by atoms with Crippen LogP contribution < -0.4 is 5.32 Å². The number of ketones is 1. The SMILES string of the molecule is CC/C=C\C[C@H]1C(=O)CC[C@@H]1CC(=O)N[C@@H](Cc1ccc(O)c(O)c1)C(=O)O. The Hall–Kier alpha value is -2.83. The molecule has 4 N–H and O–H groups in total. The first-order valence-corrected chi connectivity index (χ1v) is 9.52. The fraction of sp³-hybridized carbons (Fsp3) is 0.476. The maximum absolute atomic E-state index is 12.4. The van der Waals surface area contributed by atoms with Gasteiger partial charge >= 0.3 is 5.97 Å². The number of carboxylic acid groups (broad SMARTS) is 1. The van der Waals surface area contributed by atoms with Crippen molar-refractivity contribution in [3.8, 4) is 11.5 Å². The molecule has 1 fully saturated rings. The molecule has 3 atom stereocenters. The molecule has 7 heteroatoms. The summed E-state index contributed by atoms with van der Waals surface area (Å²) in [5.41, 5.74) is 0.474. The van der Waals surface area contributed by atoms with E-state index in [9.17, 15) is 29.7 Å². The molecule has 1 amide bonds. The van der Waals surface area contributed by atoms with Gasteiger partial charge < -0.3 is 20.6 Å². The number of carbonyl (C=O) groups excluding carboxylic acids is 2. The lowest BCUT2D eigenvalue weighted by molar-refractivity contribution is -0.142. The fourth-order valence-electron chi connectivity index (χ4n) is 3.58. The minimum absolute atomic E-state index is 0.0266. The van der Waals surface area contributed by atoms with Crippen LogP contribution >= 0.6 is 0 Å². The summed E-state index contributed by atoms with van der Waals surface area (Å²) < 4.78 is 0. The van der Waals surface area contributed by atoms with Crippen molar-refractivity contribution in [2.75, 3.05) is 0 Å². The number of carboxylic acids is 1. The molecule has 0 spiro atoms. The van der Waals surface area contributed by atoms with Gasteiger partial charge in [-0.15, -0.1) is 0 Å². The number of hydrogen-bond acceptors (Lipinski definition) is 5. The van der Waals surface area contributed by atoms with E-state index in [-0.39, 0.29) is 42.0 Å². The zero-order valence-electron chi connectivity index (χ0n) is 15.9. The molecule has 1 aromatic carbocycles. The van der Waals surface area contributed by atoms with Crippen LogP contribution in [0, 0.1) is 11.8 Å². The molecule has 0 radical (unpaired) electrons. The molecule has 1 saturated carbocycles. The van der Waals surface area contributed by atoms with E-state index in [1.54, 1.807) is 0 Å². The first-order valence-electron chi connectivity index (χ1n) is 9.52. The quantitative estimate of drug-likeness (QED) is 0.380. The number of hydrogen-bond donors (Lipinski definition) is 4. The minimum atomic E-state index is -1.19. The number of carbonyl (C=O) groups is 3. The highest BCUT2D eigenvalue weighted by Gasteiger charge is 2.35. The Balaban J connectivity index is 1.97. The van der Waals surface area contributed by atoms with Crippen molar-refractivity contribution < 1.29 is 29.7 Å². The van der Waals surface area contributed by atoms with Crippen LogP contribution in [0.15, 0.2) is 30.4 Å². The molecule has 0 unspecified atom stereocenters. The molecule has 7 nitrogen and oxygen atoms in total. The van der Waals surface area contributed by atoms with Crippen molar-refractivity contribution in [2.24, 2.45) is 11.8 Å². The Morgan fingerprint density at radius 2 is 2.00 bits per heavy atom. The number of amides is 1. The molecule has 1 aromatic rings. The average Bonchev–Trinajstić information content (AvgIpc) is 2.97. The third-order valence-corrected chi connectivity index (χ3v) is 5.10. The molecule has 0 heterocycles. The number of rotatable bonds is 9. The Morgan fingerprint density at radius 1 is 1.25 bits per heavy atom. The second kappa shape index (κ2) is 9.92. The van der Waals surface area contributed by atoms with Gasteiger partial charge in [-0.3, -0.25) is 9.59 Å². The predicted molar refractivity (Wildman–Crippen MR) is 103 cm³/mol. The summed E-state index contributed by atoms with van der Waals surface area (Å²) in [5, 5.41) is 30.8. The van der Waals surface area contributed by atoms with Gasteiger partial charge in [0.05, 0.1) is 0 Å². The maximum Gasteiger partial charge on any atom is 0.326 e. The van der Waals surface area contributed by atoms with Gasteiger partial charge in [0.1, 0.15) is 11.8 Å². The average molecular weight is 389 g/mol. The van der Waals surface area contributed by atoms with Crippen molar-refractivity contribution in [1.29, 1.82) is 0 Å². The lowest BCUT2D eigenvalue weighted by Gasteiger charge is -2.19. The van der Waals surface area contributed by atoms with E-state index in [0.717, 1.165) is 6.42 Å². The molecule has 1 aliphatic carbocycles. The van der Waals surface area contributed by atoms with Gasteiger partial charge in [0.25, 0.3) is 0 Å². The van der Waals surface area contributed by atoms with Gasteiger partial charge in [-0.1, -0.05) is 25.1 Å². The van der Waals surface area contributed by atoms with Crippen molar-refractivity contribution in [1.82, 2.24) is 5.32 Å². The summed E-state index contributed by atoms with van der Waals surface area (Å²) in [5.74, 6) is -2.35. The molecule has 1 aliphatic rings. The van der Waals surface area contributed by atoms with Crippen LogP contribution in [0.4, 0.5) is 0 Å². The highest BCUT2D eigenvalue weighted by molar-refractivity contribution is 5.87. The first-order chi connectivity index (χ1) is 13.3. The highest BCUT2D eigenvalue weighted by atomic mass is 16.4. The molecule has 2 rings (SSSR count). The molecule has 152 valence electrons. The lowest BCUT2D eigenvalue weighted by atomic mass is 9.89. The molecular weight excluding hydrogens is 362 g/mol. The zero-order chi connectivity index (χ0) is 20.7. The number of aliphatic carboxylic acids is 1. The van der Waals surface area contributed by atoms with Crippen LogP contribution in [-0.2, 0) is 20.8 Å². The second-order valence-electron chi connectivity index (χ2n) is 7.18. The Bertz CT molecular complexity index is 757. The van der Waals surface area contributed by atoms with Crippen LogP contribution in [0.1, 0.15) is 44.6 Å². The summed E-state index contributed by atoms with van der Waals surface area (Å²) in [7, 11) is 0. The van der Waals surface area contributed by atoms with Gasteiger partial charge in [-0.05, 0) is 42.9 Å². The number of allylic oxidation sites excluding steroid dienone is 2. The molecule has 0 aliphatic heterocycles. The van der Waals surface area contributed by atoms with E-state index in [0.29, 0.717) is 24.8 Å². The van der Waals surface area contributed by atoms with E-state index >= 15 is 0 Å². The number of benzene rings is 1. The smallest absolute Gasteiger partial charge is 0.326 e. The molecule has 28 heavy (non-hydrogen) atoms. The summed E-state index contributed by atoms with van der Waals surface area (Å²) in [6.07, 6.45) is 6.64. The summed E-state index contributed by atoms with van der Waals surface area (Å²) in [6.45, 7) is 2.01. The van der Waals surface area contributed by atoms with Crippen LogP contribution in [0.5, 0.6) is 11.5 Å². The van der Waals surface area contributed by atoms with Crippen molar-refractivity contribution in [3.05, 3.63) is 35.9 Å². The van der Waals surface area contributed by atoms with Crippen LogP contribution in [0.2, 0.25) is 0 Å². The van der Waals surface area contributed by atoms with E-state index in [1.807, 2.05) is 19.1 Å². The topological polar surface area (TPSA) is 124 Å². The Morgan fingerprint density at radius 3 is 2.64 bits per heavy atom. The third kappa shape index (κ3) is 5.84. The first kappa shape index (κ1) is 21.5. The summed E-state index contributed by atoms with van der Waals surface area (Å²) >= 11 is 0. The van der Waals surface area contributed by atoms with Crippen LogP contribution in [0.3, 0.4) is 0 Å². The number of Topliss-reactive ketones (excluding diaryl/α,β-unsaturated/α-hetero) is 1. The lowest BCUT2D eigenvalue weighted by Crippen LogP contribution is -2.43. The second-order valence-corrected chi connectivity index (χ2v) is 7.18. The van der Waals surface area contributed by atoms with Crippen molar-refractivity contribution in [2.45, 2.75) is 51.5 Å². The molecule has 0 saturated heterocycles. The monoisotopic (exact) mass is 389 g/mol. The highest BCUT2D eigenvalue weighted by Crippen LogP contribution is 2.34. The van der Waals surface area contributed by atoms with E-state index in [1.165, 1.54) is 18.2 Å². The molecular formula is C21H27NO6. The fourth-order valence-corrected chi connectivity index (χ4v) is 3.58. The van der Waals surface area contributed by atoms with Gasteiger partial charge in [0, 0.05) is 25.2 Å². The van der Waals surface area contributed by atoms with Crippen LogP contribution in [-0.4, -0.2) is 39.0 Å². The van der Waals surface area contributed by atoms with Gasteiger partial charge in [-0.25, -0.2) is 4.79 Å². The Labute approximate surface area is 164 Å². The summed E-state index contributed by atoms with van der Waals surface area (Å²) in [6, 6.07) is 2.86. The largest absolute Gasteiger partial charge is 0.504 e. The standard InChI is InChI=1S/C21H27NO6/c1-2-3-4-5-15-14(7-9-17(15)23)12-20(26)22-16(21(27)28)10-13-6-8-18(24)19(25)11-13/h3-4,6,8,11,14-16,24-25H,2,5,7,9-10,12H2,1H3,(H,22,26)(H,27,28)/b4-3-/t14-,15-,16+/m1/s1. The third-order valence-electron chi connectivity index (χ3n) is 5.10. The Kier molecular flexibility index (Phi) is 7.61. The molecule has 0 aromatic heterocycles. The van der Waals surface area contributed by atoms with E-state index in [2.05, 4.69) is 5.32 Å². The minimum Gasteiger partial charge on any atom is -0.504 e. The van der Waals surface area contributed by atoms with Crippen LogP contribution in [0.25, 0.3) is 0 Å². The van der Waals surface area contributed by atoms with Gasteiger partial charge in [0.2, 0.25) is 5.91 Å². The number of phenols is 2. The van der Waals surface area contributed by atoms with Crippen molar-refractivity contribution >= 4 is 17.7 Å². The van der Waals surface area contributed by atoms with E-state index < -0.39 is 17.9 Å². The van der Waals surface area contributed by atoms with Crippen molar-refractivity contribution in [3.63, 3.8) is 0 Å².